The largest absolute Gasteiger partial charge is 0.490 e. The quantitative estimate of drug-likeness (QED) is 0.384. The van der Waals surface area contributed by atoms with E-state index >= 15 is 0 Å². The molecule has 1 aromatic carbocycles. The number of piperidine rings is 1. The summed E-state index contributed by atoms with van der Waals surface area (Å²) in [6.45, 7) is 9.23. The second-order valence-corrected chi connectivity index (χ2v) is 9.75. The molecule has 4 aromatic rings. The molecule has 5 heterocycles. The molecular weight excluding hydrogens is 456 g/mol. The van der Waals surface area contributed by atoms with Crippen LogP contribution < -0.4 is 4.74 Å². The van der Waals surface area contributed by atoms with Gasteiger partial charge < -0.3 is 9.47 Å². The van der Waals surface area contributed by atoms with Crippen LogP contribution in [0.1, 0.15) is 41.5 Å². The van der Waals surface area contributed by atoms with Gasteiger partial charge in [0, 0.05) is 24.8 Å². The first kappa shape index (κ1) is 22.9. The third kappa shape index (κ3) is 4.18. The number of likely N-dealkylation sites (tertiary alicyclic amines) is 1. The highest BCUT2D eigenvalue weighted by Crippen LogP contribution is 2.27. The van der Waals surface area contributed by atoms with Crippen molar-refractivity contribution < 1.29 is 14.3 Å². The SMILES string of the molecule is CC(=O)c1ccc(-n2cnc3ccc(OC4CCN(C5COC5)CC4)cc32)nc1-n1nc(C)cc1C. The highest BCUT2D eigenvalue weighted by molar-refractivity contribution is 5.97. The third-order valence-electron chi connectivity index (χ3n) is 7.13. The van der Waals surface area contributed by atoms with Crippen molar-refractivity contribution in [2.75, 3.05) is 26.3 Å². The number of nitrogens with zero attached hydrogens (tertiary/aromatic N) is 6. The first-order chi connectivity index (χ1) is 17.5. The zero-order valence-corrected chi connectivity index (χ0v) is 20.8. The summed E-state index contributed by atoms with van der Waals surface area (Å²) in [5, 5.41) is 4.56. The van der Waals surface area contributed by atoms with Gasteiger partial charge in [-0.25, -0.2) is 14.6 Å². The number of benzene rings is 1. The van der Waals surface area contributed by atoms with Gasteiger partial charge in [-0.1, -0.05) is 0 Å². The zero-order valence-electron chi connectivity index (χ0n) is 20.8. The maximum atomic E-state index is 12.4. The van der Waals surface area contributed by atoms with Crippen molar-refractivity contribution in [3.8, 4) is 17.4 Å². The van der Waals surface area contributed by atoms with Gasteiger partial charge in [0.2, 0.25) is 0 Å². The first-order valence-electron chi connectivity index (χ1n) is 12.5. The highest BCUT2D eigenvalue weighted by Gasteiger charge is 2.30. The Kier molecular flexibility index (Phi) is 5.81. The van der Waals surface area contributed by atoms with E-state index in [0.717, 1.165) is 67.3 Å². The second kappa shape index (κ2) is 9.15. The maximum absolute atomic E-state index is 12.4. The van der Waals surface area contributed by atoms with Crippen LogP contribution in [0.5, 0.6) is 5.75 Å². The number of rotatable bonds is 6. The molecule has 9 heteroatoms. The maximum Gasteiger partial charge on any atom is 0.166 e. The first-order valence-corrected chi connectivity index (χ1v) is 12.5. The van der Waals surface area contributed by atoms with E-state index in [1.165, 1.54) is 0 Å². The number of imidazole rings is 1. The Morgan fingerprint density at radius 1 is 1.08 bits per heavy atom. The van der Waals surface area contributed by atoms with Crippen LogP contribution in [-0.4, -0.2) is 73.4 Å². The lowest BCUT2D eigenvalue weighted by molar-refractivity contribution is -0.0778. The van der Waals surface area contributed by atoms with E-state index < -0.39 is 0 Å². The number of aryl methyl sites for hydroxylation is 2. The summed E-state index contributed by atoms with van der Waals surface area (Å²) in [5.74, 6) is 1.95. The molecule has 36 heavy (non-hydrogen) atoms. The third-order valence-corrected chi connectivity index (χ3v) is 7.13. The second-order valence-electron chi connectivity index (χ2n) is 9.75. The number of ketones is 1. The average Bonchev–Trinajstić information content (AvgIpc) is 3.40. The fourth-order valence-corrected chi connectivity index (χ4v) is 5.08. The van der Waals surface area contributed by atoms with Crippen molar-refractivity contribution in [1.82, 2.24) is 29.2 Å². The molecule has 0 amide bonds. The normalized spacial score (nSPS) is 17.4. The molecule has 0 radical (unpaired) electrons. The molecule has 3 aromatic heterocycles. The minimum atomic E-state index is -0.0568. The number of carbonyl (C=O) groups is 1. The molecule has 2 saturated heterocycles. The van der Waals surface area contributed by atoms with Crippen molar-refractivity contribution in [3.05, 3.63) is 59.7 Å². The van der Waals surface area contributed by atoms with Crippen molar-refractivity contribution in [3.63, 3.8) is 0 Å². The molecular formula is C27H30N6O3. The van der Waals surface area contributed by atoms with Gasteiger partial charge in [-0.3, -0.25) is 14.3 Å². The van der Waals surface area contributed by atoms with Gasteiger partial charge >= 0.3 is 0 Å². The van der Waals surface area contributed by atoms with Crippen LogP contribution in [0.4, 0.5) is 0 Å². The Bertz CT molecular complexity index is 1430. The minimum absolute atomic E-state index is 0.0568. The van der Waals surface area contributed by atoms with Crippen LogP contribution in [0.2, 0.25) is 0 Å². The molecule has 186 valence electrons. The van der Waals surface area contributed by atoms with Crippen molar-refractivity contribution in [1.29, 1.82) is 0 Å². The summed E-state index contributed by atoms with van der Waals surface area (Å²) in [5.41, 5.74) is 4.07. The molecule has 2 fully saturated rings. The summed E-state index contributed by atoms with van der Waals surface area (Å²) in [4.78, 5) is 24.3. The van der Waals surface area contributed by atoms with E-state index in [1.54, 1.807) is 17.9 Å². The average molecular weight is 487 g/mol. The van der Waals surface area contributed by atoms with Crippen molar-refractivity contribution >= 4 is 16.8 Å². The fourth-order valence-electron chi connectivity index (χ4n) is 5.08. The molecule has 0 N–H and O–H groups in total. The Morgan fingerprint density at radius 3 is 2.56 bits per heavy atom. The summed E-state index contributed by atoms with van der Waals surface area (Å²) < 4.78 is 15.4. The summed E-state index contributed by atoms with van der Waals surface area (Å²) in [6, 6.07) is 12.2. The van der Waals surface area contributed by atoms with E-state index in [2.05, 4.69) is 15.0 Å². The fraction of sp³-hybridized carbons (Fsp3) is 0.407. The zero-order chi connectivity index (χ0) is 24.8. The van der Waals surface area contributed by atoms with E-state index in [9.17, 15) is 4.79 Å². The number of hydrogen-bond acceptors (Lipinski definition) is 7. The molecule has 6 rings (SSSR count). The molecule has 2 aliphatic rings. The van der Waals surface area contributed by atoms with Gasteiger partial charge in [-0.05, 0) is 63.9 Å². The number of Topliss-reactive ketones (excluding diaryl/α,β-unsaturated/α-hetero) is 1. The molecule has 0 aliphatic carbocycles. The molecule has 0 atom stereocenters. The summed E-state index contributed by atoms with van der Waals surface area (Å²) in [7, 11) is 0. The van der Waals surface area contributed by atoms with Crippen LogP contribution in [0.15, 0.2) is 42.7 Å². The van der Waals surface area contributed by atoms with Gasteiger partial charge in [-0.15, -0.1) is 0 Å². The Balaban J connectivity index is 1.29. The monoisotopic (exact) mass is 486 g/mol. The lowest BCUT2D eigenvalue weighted by Crippen LogP contribution is -2.52. The smallest absolute Gasteiger partial charge is 0.166 e. The predicted molar refractivity (Wildman–Crippen MR) is 135 cm³/mol. The molecule has 0 saturated carbocycles. The summed E-state index contributed by atoms with van der Waals surface area (Å²) in [6.07, 6.45) is 3.97. The molecule has 0 spiro atoms. The standard InChI is InChI=1S/C27H30N6O3/c1-17-12-18(2)33(30-17)27-23(19(3)34)5-7-26(29-27)32-16-28-24-6-4-22(13-25(24)32)36-21-8-10-31(11-9-21)20-14-35-15-20/h4-7,12-13,16,20-21H,8-11,14-15H2,1-3H3. The Hall–Kier alpha value is -3.56. The number of aromatic nitrogens is 5. The Labute approximate surface area is 209 Å². The van der Waals surface area contributed by atoms with Crippen LogP contribution in [-0.2, 0) is 4.74 Å². The van der Waals surface area contributed by atoms with Gasteiger partial charge in [0.25, 0.3) is 0 Å². The van der Waals surface area contributed by atoms with Crippen LogP contribution in [0.25, 0.3) is 22.7 Å². The molecule has 0 unspecified atom stereocenters. The number of fused-ring (bicyclic) bond motifs is 1. The van der Waals surface area contributed by atoms with Crippen LogP contribution >= 0.6 is 0 Å². The lowest BCUT2D eigenvalue weighted by Gasteiger charge is -2.41. The molecule has 0 bridgehead atoms. The van der Waals surface area contributed by atoms with E-state index in [0.29, 0.717) is 23.2 Å². The summed E-state index contributed by atoms with van der Waals surface area (Å²) >= 11 is 0. The van der Waals surface area contributed by atoms with Gasteiger partial charge in [0.05, 0.1) is 41.5 Å². The van der Waals surface area contributed by atoms with Gasteiger partial charge in [0.1, 0.15) is 24.0 Å². The van der Waals surface area contributed by atoms with Crippen LogP contribution in [0, 0.1) is 13.8 Å². The number of pyridine rings is 1. The van der Waals surface area contributed by atoms with E-state index in [1.807, 2.05) is 54.8 Å². The van der Waals surface area contributed by atoms with Gasteiger partial charge in [0.15, 0.2) is 11.6 Å². The topological polar surface area (TPSA) is 87.3 Å². The number of carbonyl (C=O) groups excluding carboxylic acids is 1. The number of ether oxygens (including phenoxy) is 2. The lowest BCUT2D eigenvalue weighted by atomic mass is 10.0. The number of hydrogen-bond donors (Lipinski definition) is 0. The van der Waals surface area contributed by atoms with Gasteiger partial charge in [-0.2, -0.15) is 5.10 Å². The van der Waals surface area contributed by atoms with Crippen LogP contribution in [0.3, 0.4) is 0 Å². The van der Waals surface area contributed by atoms with E-state index in [4.69, 9.17) is 14.5 Å². The van der Waals surface area contributed by atoms with Crippen molar-refractivity contribution in [2.24, 2.45) is 0 Å². The molecule has 9 nitrogen and oxygen atoms in total. The molecule has 2 aliphatic heterocycles. The minimum Gasteiger partial charge on any atom is -0.490 e. The highest BCUT2D eigenvalue weighted by atomic mass is 16.5. The predicted octanol–water partition coefficient (Wildman–Crippen LogP) is 3.67. The van der Waals surface area contributed by atoms with Crippen molar-refractivity contribution in [2.45, 2.75) is 45.8 Å². The van der Waals surface area contributed by atoms with E-state index in [-0.39, 0.29) is 11.9 Å². The Morgan fingerprint density at radius 2 is 1.89 bits per heavy atom.